The predicted octanol–water partition coefficient (Wildman–Crippen LogP) is 4.87. The average Bonchev–Trinajstić information content (AvgIpc) is 2.76. The van der Waals surface area contributed by atoms with Crippen LogP contribution >= 0.6 is 23.8 Å². The fourth-order valence-electron chi connectivity index (χ4n) is 3.58. The molecule has 0 atom stereocenters. The van der Waals surface area contributed by atoms with Crippen molar-refractivity contribution >= 4 is 74.3 Å². The molecule has 5 nitrogen and oxygen atoms in total. The normalized spacial score (nSPS) is 15.7. The zero-order valence-electron chi connectivity index (χ0n) is 16.0. The molecular weight excluding hydrogens is 430 g/mol. The van der Waals surface area contributed by atoms with Gasteiger partial charge >= 0.3 is 0 Å². The summed E-state index contributed by atoms with van der Waals surface area (Å²) in [4.78, 5) is 31.9. The summed E-state index contributed by atoms with van der Waals surface area (Å²) in [6.07, 6.45) is 1.56. The fourth-order valence-corrected chi connectivity index (χ4v) is 3.99. The summed E-state index contributed by atoms with van der Waals surface area (Å²) in [5, 5.41) is 5.09. The summed E-state index contributed by atoms with van der Waals surface area (Å²) in [6, 6.07) is 22.2. The first-order valence-corrected chi connectivity index (χ1v) is 10.3. The largest absolute Gasteiger partial charge is 0.298 e. The molecule has 3 aromatic carbocycles. The van der Waals surface area contributed by atoms with Gasteiger partial charge in [-0.25, -0.2) is 4.98 Å². The molecule has 1 N–H and O–H groups in total. The Kier molecular flexibility index (Phi) is 4.73. The number of anilines is 1. The molecule has 1 aliphatic heterocycles. The third-order valence-electron chi connectivity index (χ3n) is 5.06. The van der Waals surface area contributed by atoms with Crippen molar-refractivity contribution in [2.45, 2.75) is 0 Å². The van der Waals surface area contributed by atoms with Gasteiger partial charge in [0.1, 0.15) is 5.57 Å². The summed E-state index contributed by atoms with van der Waals surface area (Å²) in [5.74, 6) is -1.05. The van der Waals surface area contributed by atoms with E-state index >= 15 is 0 Å². The molecule has 2 amide bonds. The van der Waals surface area contributed by atoms with Crippen LogP contribution in [0.25, 0.3) is 27.9 Å². The third kappa shape index (κ3) is 3.46. The van der Waals surface area contributed by atoms with Crippen LogP contribution in [0.5, 0.6) is 0 Å². The van der Waals surface area contributed by atoms with Gasteiger partial charge in [0.05, 0.1) is 16.7 Å². The highest BCUT2D eigenvalue weighted by Gasteiger charge is 2.34. The molecule has 0 radical (unpaired) electrons. The molecule has 150 valence electrons. The van der Waals surface area contributed by atoms with Crippen LogP contribution in [0.1, 0.15) is 5.56 Å². The smallest absolute Gasteiger partial charge is 0.270 e. The number of halogens is 1. The lowest BCUT2D eigenvalue weighted by Gasteiger charge is -2.29. The van der Waals surface area contributed by atoms with E-state index in [9.17, 15) is 9.59 Å². The van der Waals surface area contributed by atoms with Gasteiger partial charge in [-0.1, -0.05) is 48.0 Å². The van der Waals surface area contributed by atoms with Crippen molar-refractivity contribution in [2.24, 2.45) is 0 Å². The summed E-state index contributed by atoms with van der Waals surface area (Å²) >= 11 is 11.2. The minimum absolute atomic E-state index is 0.0222. The number of carbonyl (C=O) groups excluding carboxylic acids is 2. The maximum absolute atomic E-state index is 13.2. The van der Waals surface area contributed by atoms with Gasteiger partial charge in [-0.3, -0.25) is 19.8 Å². The van der Waals surface area contributed by atoms with E-state index in [0.29, 0.717) is 21.8 Å². The molecule has 7 heteroatoms. The van der Waals surface area contributed by atoms with Crippen LogP contribution in [0.4, 0.5) is 5.69 Å². The molecule has 1 aromatic heterocycles. The number of aromatic nitrogens is 1. The molecule has 0 saturated carbocycles. The van der Waals surface area contributed by atoms with Crippen molar-refractivity contribution in [3.05, 3.63) is 89.0 Å². The summed E-state index contributed by atoms with van der Waals surface area (Å²) < 4.78 is 0. The highest BCUT2D eigenvalue weighted by Crippen LogP contribution is 2.27. The van der Waals surface area contributed by atoms with E-state index in [4.69, 9.17) is 28.8 Å². The van der Waals surface area contributed by atoms with Crippen LogP contribution in [0, 0.1) is 0 Å². The van der Waals surface area contributed by atoms with Crippen LogP contribution in [-0.2, 0) is 9.59 Å². The maximum Gasteiger partial charge on any atom is 0.270 e. The Hall–Kier alpha value is -3.61. The lowest BCUT2D eigenvalue weighted by atomic mass is 10.0. The van der Waals surface area contributed by atoms with Gasteiger partial charge in [0.15, 0.2) is 5.11 Å². The average molecular weight is 444 g/mol. The number of pyridine rings is 1. The van der Waals surface area contributed by atoms with Crippen molar-refractivity contribution in [1.29, 1.82) is 0 Å². The van der Waals surface area contributed by atoms with Crippen molar-refractivity contribution in [3.63, 3.8) is 0 Å². The number of hydrogen-bond acceptors (Lipinski definition) is 4. The van der Waals surface area contributed by atoms with Crippen molar-refractivity contribution in [1.82, 2.24) is 10.3 Å². The second-order valence-corrected chi connectivity index (χ2v) is 7.86. The number of nitrogens with one attached hydrogen (secondary N) is 1. The highest BCUT2D eigenvalue weighted by atomic mass is 35.5. The van der Waals surface area contributed by atoms with E-state index in [-0.39, 0.29) is 10.7 Å². The molecule has 5 rings (SSSR count). The fraction of sp³-hybridized carbons (Fsp3) is 0. The Balaban J connectivity index is 1.63. The van der Waals surface area contributed by atoms with Gasteiger partial charge in [0.25, 0.3) is 11.8 Å². The maximum atomic E-state index is 13.2. The van der Waals surface area contributed by atoms with Gasteiger partial charge in [0, 0.05) is 21.4 Å². The third-order valence-corrected chi connectivity index (χ3v) is 5.60. The number of nitrogens with zero attached hydrogens (tertiary/aromatic N) is 2. The molecule has 1 fully saturated rings. The van der Waals surface area contributed by atoms with Gasteiger partial charge in [-0.2, -0.15) is 0 Å². The zero-order chi connectivity index (χ0) is 21.5. The van der Waals surface area contributed by atoms with Crippen LogP contribution in [0.15, 0.2) is 78.4 Å². The van der Waals surface area contributed by atoms with E-state index in [2.05, 4.69) is 5.32 Å². The summed E-state index contributed by atoms with van der Waals surface area (Å²) in [5.41, 5.74) is 2.72. The Morgan fingerprint density at radius 1 is 0.935 bits per heavy atom. The molecule has 31 heavy (non-hydrogen) atoms. The minimum Gasteiger partial charge on any atom is -0.298 e. The molecule has 0 unspecified atom stereocenters. The number of benzene rings is 3. The first-order chi connectivity index (χ1) is 15.0. The first-order valence-electron chi connectivity index (χ1n) is 9.47. The summed E-state index contributed by atoms with van der Waals surface area (Å²) in [6.45, 7) is 0. The molecule has 0 spiro atoms. The summed E-state index contributed by atoms with van der Waals surface area (Å²) in [7, 11) is 0. The minimum atomic E-state index is -0.544. The standard InChI is InChI=1S/C24H14ClN3O2S/c25-17-8-10-18(11-9-17)28-23(30)19(22(29)27-24(28)31)13-16-6-3-5-15-12-14-4-1-2-7-20(14)26-21(15)16/h1-13H,(H,27,29,31). The monoisotopic (exact) mass is 443 g/mol. The SMILES string of the molecule is O=C1NC(=S)N(c2ccc(Cl)cc2)C(=O)C1=Cc1cccc2cc3ccccc3nc12. The van der Waals surface area contributed by atoms with E-state index in [0.717, 1.165) is 16.3 Å². The van der Waals surface area contributed by atoms with Crippen LogP contribution in [0.2, 0.25) is 5.02 Å². The zero-order valence-corrected chi connectivity index (χ0v) is 17.6. The quantitative estimate of drug-likeness (QED) is 0.208. The van der Waals surface area contributed by atoms with Gasteiger partial charge in [-0.15, -0.1) is 0 Å². The second-order valence-electron chi connectivity index (χ2n) is 7.03. The molecule has 2 heterocycles. The first kappa shape index (κ1) is 19.4. The Morgan fingerprint density at radius 2 is 1.68 bits per heavy atom. The number of hydrogen-bond donors (Lipinski definition) is 1. The van der Waals surface area contributed by atoms with E-state index in [1.165, 1.54) is 4.90 Å². The van der Waals surface area contributed by atoms with Crippen LogP contribution in [-0.4, -0.2) is 21.9 Å². The van der Waals surface area contributed by atoms with Gasteiger partial charge in [-0.05, 0) is 54.7 Å². The number of para-hydroxylation sites is 2. The van der Waals surface area contributed by atoms with E-state index in [1.807, 2.05) is 48.5 Å². The lowest BCUT2D eigenvalue weighted by Crippen LogP contribution is -2.54. The number of rotatable bonds is 2. The number of amides is 2. The number of thiocarbonyl (C=S) groups is 1. The molecule has 4 aromatic rings. The number of carbonyl (C=O) groups is 2. The van der Waals surface area contributed by atoms with E-state index < -0.39 is 11.8 Å². The molecule has 1 aliphatic rings. The van der Waals surface area contributed by atoms with Crippen LogP contribution in [0.3, 0.4) is 0 Å². The van der Waals surface area contributed by atoms with Crippen LogP contribution < -0.4 is 10.2 Å². The van der Waals surface area contributed by atoms with Crippen molar-refractivity contribution in [3.8, 4) is 0 Å². The number of fused-ring (bicyclic) bond motifs is 2. The predicted molar refractivity (Wildman–Crippen MR) is 127 cm³/mol. The lowest BCUT2D eigenvalue weighted by molar-refractivity contribution is -0.122. The van der Waals surface area contributed by atoms with Gasteiger partial charge < -0.3 is 0 Å². The van der Waals surface area contributed by atoms with Gasteiger partial charge in [0.2, 0.25) is 0 Å². The Labute approximate surface area is 187 Å². The van der Waals surface area contributed by atoms with E-state index in [1.54, 1.807) is 30.3 Å². The molecule has 1 saturated heterocycles. The Bertz CT molecular complexity index is 1430. The highest BCUT2D eigenvalue weighted by molar-refractivity contribution is 7.80. The van der Waals surface area contributed by atoms with Crippen molar-refractivity contribution in [2.75, 3.05) is 4.90 Å². The molecular formula is C24H14ClN3O2S. The topological polar surface area (TPSA) is 62.3 Å². The second kappa shape index (κ2) is 7.58. The van der Waals surface area contributed by atoms with Crippen molar-refractivity contribution < 1.29 is 9.59 Å². The molecule has 0 aliphatic carbocycles. The molecule has 0 bridgehead atoms. The Morgan fingerprint density at radius 3 is 2.48 bits per heavy atom.